The molecule has 0 atom stereocenters. The van der Waals surface area contributed by atoms with Crippen LogP contribution in [0.1, 0.15) is 25.0 Å². The van der Waals surface area contributed by atoms with Gasteiger partial charge in [-0.25, -0.2) is 15.0 Å². The van der Waals surface area contributed by atoms with Gasteiger partial charge in [0.1, 0.15) is 0 Å². The predicted molar refractivity (Wildman–Crippen MR) is 212 cm³/mol. The van der Waals surface area contributed by atoms with Crippen LogP contribution < -0.4 is 0 Å². The van der Waals surface area contributed by atoms with E-state index in [0.29, 0.717) is 17.5 Å². The standard InChI is InChI=1S/C48H33N3/c1-48(2)41-22-11-10-19-38(41)39-20-12-21-40(44(39)48)47-50-45(32-14-4-3-5-15-32)49-46(51-47)33-26-24-31(25-27-33)42-37-18-9-7-16-34(37)29-35-28-23-30-13-6-8-17-36(30)43(35)42/h3-29H,1-2H3. The van der Waals surface area contributed by atoms with E-state index in [1.165, 1.54) is 60.1 Å². The van der Waals surface area contributed by atoms with E-state index in [-0.39, 0.29) is 5.41 Å². The second-order valence-corrected chi connectivity index (χ2v) is 14.0. The largest absolute Gasteiger partial charge is 0.208 e. The quantitative estimate of drug-likeness (QED) is 0.140. The Balaban J connectivity index is 1.16. The van der Waals surface area contributed by atoms with Crippen LogP contribution in [0.25, 0.3) is 88.7 Å². The van der Waals surface area contributed by atoms with E-state index in [0.717, 1.165) is 22.3 Å². The van der Waals surface area contributed by atoms with E-state index in [4.69, 9.17) is 15.0 Å². The first-order valence-corrected chi connectivity index (χ1v) is 17.5. The normalized spacial score (nSPS) is 13.1. The number of hydrogen-bond donors (Lipinski definition) is 0. The molecule has 1 aliphatic carbocycles. The lowest BCUT2D eigenvalue weighted by molar-refractivity contribution is 0.661. The number of fused-ring (bicyclic) bond motifs is 7. The molecule has 1 aliphatic rings. The number of hydrogen-bond acceptors (Lipinski definition) is 3. The van der Waals surface area contributed by atoms with Gasteiger partial charge in [0.25, 0.3) is 0 Å². The van der Waals surface area contributed by atoms with Gasteiger partial charge in [0.05, 0.1) is 0 Å². The highest BCUT2D eigenvalue weighted by Gasteiger charge is 2.38. The van der Waals surface area contributed by atoms with E-state index in [1.54, 1.807) is 0 Å². The number of rotatable bonds is 4. The van der Waals surface area contributed by atoms with Gasteiger partial charge < -0.3 is 0 Å². The van der Waals surface area contributed by atoms with Crippen molar-refractivity contribution in [2.45, 2.75) is 19.3 Å². The van der Waals surface area contributed by atoms with Crippen molar-refractivity contribution in [1.82, 2.24) is 15.0 Å². The minimum absolute atomic E-state index is 0.199. The van der Waals surface area contributed by atoms with Crippen LogP contribution >= 0.6 is 0 Å². The average molecular weight is 652 g/mol. The van der Waals surface area contributed by atoms with Gasteiger partial charge in [0.15, 0.2) is 17.5 Å². The molecule has 0 bridgehead atoms. The first-order chi connectivity index (χ1) is 25.0. The summed E-state index contributed by atoms with van der Waals surface area (Å²) in [4.78, 5) is 15.5. The molecular weight excluding hydrogens is 619 g/mol. The van der Waals surface area contributed by atoms with Crippen molar-refractivity contribution in [3.63, 3.8) is 0 Å². The van der Waals surface area contributed by atoms with E-state index < -0.39 is 0 Å². The van der Waals surface area contributed by atoms with Crippen molar-refractivity contribution in [1.29, 1.82) is 0 Å². The third-order valence-electron chi connectivity index (χ3n) is 10.7. The van der Waals surface area contributed by atoms with E-state index in [1.807, 2.05) is 18.2 Å². The summed E-state index contributed by atoms with van der Waals surface area (Å²) in [5.41, 5.74) is 10.3. The first kappa shape index (κ1) is 29.5. The van der Waals surface area contributed by atoms with Gasteiger partial charge in [-0.3, -0.25) is 0 Å². The summed E-state index contributed by atoms with van der Waals surface area (Å²) < 4.78 is 0. The smallest absolute Gasteiger partial charge is 0.164 e. The van der Waals surface area contributed by atoms with Crippen molar-refractivity contribution in [3.8, 4) is 56.4 Å². The van der Waals surface area contributed by atoms with Gasteiger partial charge in [0, 0.05) is 22.1 Å². The molecule has 8 aromatic carbocycles. The monoisotopic (exact) mass is 651 g/mol. The zero-order valence-electron chi connectivity index (χ0n) is 28.4. The molecule has 0 saturated heterocycles. The Kier molecular flexibility index (Phi) is 6.53. The summed E-state index contributed by atoms with van der Waals surface area (Å²) in [6.45, 7) is 4.61. The lowest BCUT2D eigenvalue weighted by Gasteiger charge is -2.24. The summed E-state index contributed by atoms with van der Waals surface area (Å²) in [6.07, 6.45) is 0. The fraction of sp³-hybridized carbons (Fsp3) is 0.0625. The van der Waals surface area contributed by atoms with Crippen LogP contribution in [0.2, 0.25) is 0 Å². The minimum Gasteiger partial charge on any atom is -0.208 e. The van der Waals surface area contributed by atoms with Crippen LogP contribution in [0.3, 0.4) is 0 Å². The lowest BCUT2D eigenvalue weighted by atomic mass is 9.80. The SMILES string of the molecule is CC1(C)c2ccccc2-c2cccc(-c3nc(-c4ccccc4)nc(-c4ccc(-c5c6ccccc6cc6ccc7ccccc7c56)cc4)n3)c21. The highest BCUT2D eigenvalue weighted by atomic mass is 15.0. The van der Waals surface area contributed by atoms with Crippen LogP contribution in [0.15, 0.2) is 164 Å². The van der Waals surface area contributed by atoms with Crippen LogP contribution in [0, 0.1) is 0 Å². The summed E-state index contributed by atoms with van der Waals surface area (Å²) in [6, 6.07) is 58.4. The molecule has 0 fully saturated rings. The molecule has 3 heteroatoms. The minimum atomic E-state index is -0.199. The second kappa shape index (κ2) is 11.3. The Labute approximate surface area is 297 Å². The third kappa shape index (κ3) is 4.62. The maximum absolute atomic E-state index is 5.23. The Morgan fingerprint density at radius 2 is 0.961 bits per heavy atom. The van der Waals surface area contributed by atoms with Crippen LogP contribution in [0.4, 0.5) is 0 Å². The highest BCUT2D eigenvalue weighted by molar-refractivity contribution is 6.21. The molecule has 10 rings (SSSR count). The topological polar surface area (TPSA) is 38.7 Å². The fourth-order valence-corrected chi connectivity index (χ4v) is 8.30. The number of benzene rings is 8. The fourth-order valence-electron chi connectivity index (χ4n) is 8.30. The van der Waals surface area contributed by atoms with Gasteiger partial charge in [0.2, 0.25) is 0 Å². The summed E-state index contributed by atoms with van der Waals surface area (Å²) >= 11 is 0. The zero-order valence-corrected chi connectivity index (χ0v) is 28.4. The second-order valence-electron chi connectivity index (χ2n) is 14.0. The molecule has 1 aromatic heterocycles. The van der Waals surface area contributed by atoms with Crippen molar-refractivity contribution in [2.24, 2.45) is 0 Å². The zero-order chi connectivity index (χ0) is 34.1. The van der Waals surface area contributed by atoms with Crippen LogP contribution in [-0.2, 0) is 5.41 Å². The van der Waals surface area contributed by atoms with Gasteiger partial charge in [-0.05, 0) is 71.8 Å². The number of aromatic nitrogens is 3. The Morgan fingerprint density at radius 3 is 1.76 bits per heavy atom. The first-order valence-electron chi connectivity index (χ1n) is 17.5. The molecule has 0 unspecified atom stereocenters. The molecule has 0 saturated carbocycles. The van der Waals surface area contributed by atoms with Crippen LogP contribution in [-0.4, -0.2) is 15.0 Å². The van der Waals surface area contributed by atoms with Crippen molar-refractivity contribution in [3.05, 3.63) is 175 Å². The molecule has 240 valence electrons. The molecule has 1 heterocycles. The summed E-state index contributed by atoms with van der Waals surface area (Å²) in [7, 11) is 0. The molecule has 0 aliphatic heterocycles. The molecule has 3 nitrogen and oxygen atoms in total. The average Bonchev–Trinajstić information content (AvgIpc) is 3.43. The van der Waals surface area contributed by atoms with Gasteiger partial charge in [-0.15, -0.1) is 0 Å². The maximum Gasteiger partial charge on any atom is 0.164 e. The predicted octanol–water partition coefficient (Wildman–Crippen LogP) is 12.3. The molecular formula is C48H33N3. The van der Waals surface area contributed by atoms with Crippen molar-refractivity contribution in [2.75, 3.05) is 0 Å². The van der Waals surface area contributed by atoms with E-state index in [9.17, 15) is 0 Å². The summed E-state index contributed by atoms with van der Waals surface area (Å²) in [5, 5.41) is 7.48. The highest BCUT2D eigenvalue weighted by Crippen LogP contribution is 2.51. The molecule has 0 N–H and O–H groups in total. The Morgan fingerprint density at radius 1 is 0.392 bits per heavy atom. The Hall–Kier alpha value is -6.45. The molecule has 0 amide bonds. The van der Waals surface area contributed by atoms with Gasteiger partial charge in [-0.2, -0.15) is 0 Å². The molecule has 51 heavy (non-hydrogen) atoms. The Bertz CT molecular complexity index is 2820. The molecule has 0 radical (unpaired) electrons. The van der Waals surface area contributed by atoms with Crippen LogP contribution in [0.5, 0.6) is 0 Å². The van der Waals surface area contributed by atoms with Gasteiger partial charge >= 0.3 is 0 Å². The number of nitrogens with zero attached hydrogens (tertiary/aromatic N) is 3. The molecule has 9 aromatic rings. The van der Waals surface area contributed by atoms with Gasteiger partial charge in [-0.1, -0.05) is 172 Å². The molecule has 0 spiro atoms. The van der Waals surface area contributed by atoms with Crippen molar-refractivity contribution < 1.29 is 0 Å². The third-order valence-corrected chi connectivity index (χ3v) is 10.7. The van der Waals surface area contributed by atoms with E-state index >= 15 is 0 Å². The van der Waals surface area contributed by atoms with E-state index in [2.05, 4.69) is 159 Å². The summed E-state index contributed by atoms with van der Waals surface area (Å²) in [5.74, 6) is 2.01. The lowest BCUT2D eigenvalue weighted by Crippen LogP contribution is -2.17. The maximum atomic E-state index is 5.23. The van der Waals surface area contributed by atoms with Crippen molar-refractivity contribution >= 4 is 32.3 Å².